The van der Waals surface area contributed by atoms with Crippen molar-refractivity contribution < 1.29 is 9.18 Å². The van der Waals surface area contributed by atoms with Crippen molar-refractivity contribution in [3.63, 3.8) is 0 Å². The third-order valence-electron chi connectivity index (χ3n) is 4.54. The van der Waals surface area contributed by atoms with E-state index >= 15 is 0 Å². The molecule has 1 aromatic heterocycles. The van der Waals surface area contributed by atoms with Gasteiger partial charge < -0.3 is 0 Å². The van der Waals surface area contributed by atoms with Crippen LogP contribution in [0.2, 0.25) is 5.02 Å². The van der Waals surface area contributed by atoms with Gasteiger partial charge in [-0.3, -0.25) is 14.4 Å². The lowest BCUT2D eigenvalue weighted by Gasteiger charge is -2.28. The van der Waals surface area contributed by atoms with E-state index in [1.807, 2.05) is 0 Å². The Kier molecular flexibility index (Phi) is 3.34. The van der Waals surface area contributed by atoms with Crippen molar-refractivity contribution in [1.29, 1.82) is 0 Å². The molecule has 0 radical (unpaired) electrons. The van der Waals surface area contributed by atoms with Gasteiger partial charge in [0.1, 0.15) is 23.5 Å². The average molecular weight is 356 g/mol. The van der Waals surface area contributed by atoms with Crippen molar-refractivity contribution in [2.45, 2.75) is 26.3 Å². The number of nitrogens with zero attached hydrogens (tertiary/aromatic N) is 3. The number of fused-ring (bicyclic) bond motifs is 2. The second-order valence-corrected chi connectivity index (χ2v) is 7.10. The number of halogens is 2. The van der Waals surface area contributed by atoms with Gasteiger partial charge in [-0.05, 0) is 51.1 Å². The summed E-state index contributed by atoms with van der Waals surface area (Å²) in [5.41, 5.74) is 2.10. The van der Waals surface area contributed by atoms with Crippen LogP contribution in [-0.4, -0.2) is 26.7 Å². The summed E-state index contributed by atoms with van der Waals surface area (Å²) in [6, 6.07) is 8.27. The van der Waals surface area contributed by atoms with Crippen LogP contribution in [0, 0.1) is 12.7 Å². The van der Waals surface area contributed by atoms with Gasteiger partial charge in [0.05, 0.1) is 11.0 Å². The minimum atomic E-state index is -0.918. The first-order valence-corrected chi connectivity index (χ1v) is 8.24. The maximum Gasteiger partial charge on any atom is 0.190 e. The molecule has 0 fully saturated rings. The summed E-state index contributed by atoms with van der Waals surface area (Å²) >= 11 is 6.09. The van der Waals surface area contributed by atoms with Crippen LogP contribution in [0.15, 0.2) is 41.7 Å². The maximum atomic E-state index is 13.8. The SMILES string of the molecule is Cc1c(F)ccc2c1ncn2C1=NC(C)(C)C(=O)c2cc(Cl)ccc21. The molecule has 126 valence electrons. The Bertz CT molecular complexity index is 1080. The van der Waals surface area contributed by atoms with Crippen molar-refractivity contribution in [2.24, 2.45) is 4.99 Å². The zero-order valence-electron chi connectivity index (χ0n) is 14.0. The van der Waals surface area contributed by atoms with Crippen molar-refractivity contribution in [3.05, 3.63) is 64.2 Å². The second kappa shape index (κ2) is 5.23. The van der Waals surface area contributed by atoms with Crippen molar-refractivity contribution >= 4 is 34.3 Å². The summed E-state index contributed by atoms with van der Waals surface area (Å²) in [6.45, 7) is 5.23. The van der Waals surface area contributed by atoms with Crippen molar-refractivity contribution in [3.8, 4) is 0 Å². The molecule has 0 aliphatic carbocycles. The molecule has 6 heteroatoms. The Labute approximate surface area is 149 Å². The van der Waals surface area contributed by atoms with E-state index in [9.17, 15) is 9.18 Å². The van der Waals surface area contributed by atoms with Gasteiger partial charge in [0.2, 0.25) is 0 Å². The number of carbonyl (C=O) groups is 1. The van der Waals surface area contributed by atoms with Crippen LogP contribution in [-0.2, 0) is 0 Å². The molecule has 4 nitrogen and oxygen atoms in total. The van der Waals surface area contributed by atoms with Crippen LogP contribution in [0.5, 0.6) is 0 Å². The number of Topliss-reactive ketones (excluding diaryl/α,β-unsaturated/α-hetero) is 1. The quantitative estimate of drug-likeness (QED) is 0.599. The van der Waals surface area contributed by atoms with E-state index in [2.05, 4.69) is 9.98 Å². The molecule has 0 atom stereocenters. The van der Waals surface area contributed by atoms with Gasteiger partial charge in [-0.1, -0.05) is 11.6 Å². The van der Waals surface area contributed by atoms with E-state index in [1.54, 1.807) is 55.9 Å². The van der Waals surface area contributed by atoms with Crippen molar-refractivity contribution in [1.82, 2.24) is 9.55 Å². The first-order valence-electron chi connectivity index (χ1n) is 7.87. The fourth-order valence-electron chi connectivity index (χ4n) is 3.15. The van der Waals surface area contributed by atoms with Gasteiger partial charge in [-0.15, -0.1) is 0 Å². The number of hydrogen-bond acceptors (Lipinski definition) is 3. The minimum absolute atomic E-state index is 0.0830. The minimum Gasteiger partial charge on any atom is -0.291 e. The Balaban J connectivity index is 2.03. The summed E-state index contributed by atoms with van der Waals surface area (Å²) in [7, 11) is 0. The Morgan fingerprint density at radius 2 is 1.92 bits per heavy atom. The third kappa shape index (κ3) is 2.30. The standard InChI is InChI=1S/C19H15ClFN3O/c1-10-14(21)6-7-15-16(10)22-9-24(15)18-12-5-4-11(20)8-13(12)17(25)19(2,3)23-18/h4-9H,1-3H3. The normalized spacial score (nSPS) is 16.0. The predicted octanol–water partition coefficient (Wildman–Crippen LogP) is 4.41. The molecule has 4 rings (SSSR count). The second-order valence-electron chi connectivity index (χ2n) is 6.67. The molecule has 0 spiro atoms. The molecule has 2 heterocycles. The van der Waals surface area contributed by atoms with Crippen molar-refractivity contribution in [2.75, 3.05) is 0 Å². The highest BCUT2D eigenvalue weighted by molar-refractivity contribution is 6.31. The van der Waals surface area contributed by atoms with E-state index in [4.69, 9.17) is 11.6 Å². The number of aromatic nitrogens is 2. The largest absolute Gasteiger partial charge is 0.291 e. The fraction of sp³-hybridized carbons (Fsp3) is 0.211. The summed E-state index contributed by atoms with van der Waals surface area (Å²) in [5.74, 6) is 0.219. The van der Waals surface area contributed by atoms with Crippen LogP contribution in [0.3, 0.4) is 0 Å². The van der Waals surface area contributed by atoms with Crippen LogP contribution < -0.4 is 0 Å². The fourth-order valence-corrected chi connectivity index (χ4v) is 3.33. The van der Waals surface area contributed by atoms with Gasteiger partial charge in [0.15, 0.2) is 5.78 Å². The summed E-state index contributed by atoms with van der Waals surface area (Å²) in [6.07, 6.45) is 1.61. The molecular weight excluding hydrogens is 341 g/mol. The smallest absolute Gasteiger partial charge is 0.190 e. The van der Waals surface area contributed by atoms with Crippen LogP contribution in [0.4, 0.5) is 4.39 Å². The Morgan fingerprint density at radius 1 is 1.16 bits per heavy atom. The summed E-state index contributed by atoms with van der Waals surface area (Å²) in [5, 5.41) is 0.498. The molecule has 2 aromatic carbocycles. The van der Waals surface area contributed by atoms with Gasteiger partial charge in [0, 0.05) is 21.7 Å². The molecule has 3 aromatic rings. The number of rotatable bonds is 0. The molecule has 0 amide bonds. The highest BCUT2D eigenvalue weighted by Crippen LogP contribution is 2.31. The highest BCUT2D eigenvalue weighted by Gasteiger charge is 2.36. The lowest BCUT2D eigenvalue weighted by molar-refractivity contribution is 0.0911. The van der Waals surface area contributed by atoms with Gasteiger partial charge in [-0.25, -0.2) is 9.37 Å². The summed E-state index contributed by atoms with van der Waals surface area (Å²) < 4.78 is 15.6. The number of ketones is 1. The number of aliphatic imine (C=N–C) groups is 1. The molecule has 0 saturated carbocycles. The monoisotopic (exact) mass is 355 g/mol. The molecule has 0 unspecified atom stereocenters. The first kappa shape index (κ1) is 16.0. The molecular formula is C19H15ClFN3O. The third-order valence-corrected chi connectivity index (χ3v) is 4.78. The number of carbonyl (C=O) groups excluding carboxylic acids is 1. The molecule has 0 saturated heterocycles. The topological polar surface area (TPSA) is 47.2 Å². The molecule has 1 aliphatic rings. The lowest BCUT2D eigenvalue weighted by Crippen LogP contribution is -2.38. The molecule has 1 aliphatic heterocycles. The number of aryl methyl sites for hydroxylation is 1. The highest BCUT2D eigenvalue weighted by atomic mass is 35.5. The van der Waals surface area contributed by atoms with E-state index < -0.39 is 5.54 Å². The Hall–Kier alpha value is -2.53. The molecule has 25 heavy (non-hydrogen) atoms. The number of imidazole rings is 1. The van der Waals surface area contributed by atoms with Gasteiger partial charge in [-0.2, -0.15) is 0 Å². The van der Waals surface area contributed by atoms with E-state index in [1.165, 1.54) is 6.07 Å². The average Bonchev–Trinajstić information content (AvgIpc) is 2.99. The van der Waals surface area contributed by atoms with Crippen LogP contribution in [0.25, 0.3) is 11.0 Å². The molecule has 0 N–H and O–H groups in total. The zero-order valence-corrected chi connectivity index (χ0v) is 14.7. The van der Waals surface area contributed by atoms with E-state index in [-0.39, 0.29) is 11.6 Å². The first-order chi connectivity index (χ1) is 11.8. The zero-order chi connectivity index (χ0) is 17.9. The predicted molar refractivity (Wildman–Crippen MR) is 96.2 cm³/mol. The van der Waals surface area contributed by atoms with E-state index in [0.29, 0.717) is 33.1 Å². The van der Waals surface area contributed by atoms with E-state index in [0.717, 1.165) is 5.52 Å². The molecule has 0 bridgehead atoms. The van der Waals surface area contributed by atoms with Crippen LogP contribution >= 0.6 is 11.6 Å². The van der Waals surface area contributed by atoms with Gasteiger partial charge in [0.25, 0.3) is 0 Å². The number of hydrogen-bond donors (Lipinski definition) is 0. The summed E-state index contributed by atoms with van der Waals surface area (Å²) in [4.78, 5) is 21.7. The lowest BCUT2D eigenvalue weighted by atomic mass is 9.87. The van der Waals surface area contributed by atoms with Gasteiger partial charge >= 0.3 is 0 Å². The van der Waals surface area contributed by atoms with Crippen LogP contribution in [0.1, 0.15) is 35.3 Å². The Morgan fingerprint density at radius 3 is 2.68 bits per heavy atom. The maximum absolute atomic E-state index is 13.8. The number of benzene rings is 2.